The highest BCUT2D eigenvalue weighted by atomic mass is 32.2. The maximum Gasteiger partial charge on any atom is 0.267 e. The smallest absolute Gasteiger partial charge is 0.267 e. The highest BCUT2D eigenvalue weighted by Gasteiger charge is 2.33. The number of aromatic nitrogens is 2. The van der Waals surface area contributed by atoms with E-state index in [0.717, 1.165) is 37.1 Å². The summed E-state index contributed by atoms with van der Waals surface area (Å²) in [6.07, 6.45) is 5.53. The molecule has 0 bridgehead atoms. The highest BCUT2D eigenvalue weighted by Crippen LogP contribution is 2.35. The summed E-state index contributed by atoms with van der Waals surface area (Å²) in [6, 6.07) is 13.6. The Hall–Kier alpha value is -2.97. The number of amides is 1. The van der Waals surface area contributed by atoms with Crippen LogP contribution in [0.4, 0.5) is 5.82 Å². The molecule has 2 fully saturated rings. The molecule has 174 valence electrons. The van der Waals surface area contributed by atoms with Gasteiger partial charge in [0.2, 0.25) is 0 Å². The van der Waals surface area contributed by atoms with E-state index in [1.165, 1.54) is 11.8 Å². The molecule has 0 unspecified atom stereocenters. The SMILES string of the molecule is Cc1cccn2c(=O)c(/C=C3\SC(=S)N(Cc4ccccc4)C3=O)c(N3CCC(C)CC3)nc12. The normalized spacial score (nSPS) is 18.5. The van der Waals surface area contributed by atoms with E-state index in [0.29, 0.717) is 38.7 Å². The van der Waals surface area contributed by atoms with Gasteiger partial charge in [-0.25, -0.2) is 4.98 Å². The molecule has 4 heterocycles. The topological polar surface area (TPSA) is 57.9 Å². The van der Waals surface area contributed by atoms with E-state index in [-0.39, 0.29) is 11.5 Å². The van der Waals surface area contributed by atoms with Gasteiger partial charge in [0.05, 0.1) is 17.0 Å². The number of pyridine rings is 1. The number of piperidine rings is 1. The fourth-order valence-electron chi connectivity index (χ4n) is 4.42. The largest absolute Gasteiger partial charge is 0.356 e. The predicted octanol–water partition coefficient (Wildman–Crippen LogP) is 4.64. The maximum absolute atomic E-state index is 13.6. The third-order valence-electron chi connectivity index (χ3n) is 6.48. The van der Waals surface area contributed by atoms with Crippen molar-refractivity contribution in [2.24, 2.45) is 5.92 Å². The van der Waals surface area contributed by atoms with Crippen molar-refractivity contribution in [1.82, 2.24) is 14.3 Å². The molecule has 5 rings (SSSR count). The lowest BCUT2D eigenvalue weighted by atomic mass is 9.99. The van der Waals surface area contributed by atoms with Gasteiger partial charge in [-0.2, -0.15) is 0 Å². The van der Waals surface area contributed by atoms with Gasteiger partial charge in [-0.3, -0.25) is 18.9 Å². The van der Waals surface area contributed by atoms with Crippen LogP contribution in [0.3, 0.4) is 0 Å². The lowest BCUT2D eigenvalue weighted by molar-refractivity contribution is -0.122. The van der Waals surface area contributed by atoms with Crippen LogP contribution in [0.25, 0.3) is 11.7 Å². The van der Waals surface area contributed by atoms with Gasteiger partial charge in [0, 0.05) is 19.3 Å². The van der Waals surface area contributed by atoms with Crippen LogP contribution >= 0.6 is 24.0 Å². The van der Waals surface area contributed by atoms with Gasteiger partial charge < -0.3 is 4.90 Å². The van der Waals surface area contributed by atoms with E-state index in [1.54, 1.807) is 21.6 Å². The summed E-state index contributed by atoms with van der Waals surface area (Å²) >= 11 is 6.77. The van der Waals surface area contributed by atoms with Crippen LogP contribution in [0, 0.1) is 12.8 Å². The third kappa shape index (κ3) is 4.28. The first kappa shape index (κ1) is 22.8. The molecule has 2 aromatic heterocycles. The van der Waals surface area contributed by atoms with Crippen molar-refractivity contribution in [2.45, 2.75) is 33.2 Å². The van der Waals surface area contributed by atoms with Crippen molar-refractivity contribution >= 4 is 51.7 Å². The Morgan fingerprint density at radius 2 is 1.85 bits per heavy atom. The molecule has 2 aliphatic rings. The van der Waals surface area contributed by atoms with Crippen LogP contribution in [0.5, 0.6) is 0 Å². The first-order chi connectivity index (χ1) is 16.4. The fraction of sp³-hybridized carbons (Fsp3) is 0.308. The predicted molar refractivity (Wildman–Crippen MR) is 142 cm³/mol. The third-order valence-corrected chi connectivity index (χ3v) is 7.86. The molecule has 0 aliphatic carbocycles. The summed E-state index contributed by atoms with van der Waals surface area (Å²) < 4.78 is 2.07. The Morgan fingerprint density at radius 3 is 2.59 bits per heavy atom. The maximum atomic E-state index is 13.6. The van der Waals surface area contributed by atoms with Crippen LogP contribution in [0.15, 0.2) is 58.4 Å². The minimum atomic E-state index is -0.175. The van der Waals surface area contributed by atoms with Crippen molar-refractivity contribution in [2.75, 3.05) is 18.0 Å². The Labute approximate surface area is 208 Å². The van der Waals surface area contributed by atoms with Crippen LogP contribution in [-0.2, 0) is 11.3 Å². The average molecular weight is 491 g/mol. The average Bonchev–Trinajstić information content (AvgIpc) is 3.10. The molecule has 2 aliphatic heterocycles. The summed E-state index contributed by atoms with van der Waals surface area (Å²) in [6.45, 7) is 6.30. The number of hydrogen-bond donors (Lipinski definition) is 0. The molecule has 6 nitrogen and oxygen atoms in total. The fourth-order valence-corrected chi connectivity index (χ4v) is 5.66. The molecular weight excluding hydrogens is 464 g/mol. The number of nitrogens with zero attached hydrogens (tertiary/aromatic N) is 4. The lowest BCUT2D eigenvalue weighted by Gasteiger charge is -2.32. The summed E-state index contributed by atoms with van der Waals surface area (Å²) in [4.78, 5) is 36.1. The number of thiocarbonyl (C=S) groups is 1. The number of thioether (sulfide) groups is 1. The number of fused-ring (bicyclic) bond motifs is 1. The molecule has 3 aromatic rings. The first-order valence-electron chi connectivity index (χ1n) is 11.5. The summed E-state index contributed by atoms with van der Waals surface area (Å²) in [5.41, 5.74) is 2.86. The van der Waals surface area contributed by atoms with Crippen molar-refractivity contribution < 1.29 is 4.79 Å². The van der Waals surface area contributed by atoms with E-state index in [1.807, 2.05) is 49.4 Å². The zero-order chi connectivity index (χ0) is 23.8. The Balaban J connectivity index is 1.58. The van der Waals surface area contributed by atoms with Gasteiger partial charge in [-0.1, -0.05) is 67.3 Å². The van der Waals surface area contributed by atoms with Gasteiger partial charge in [-0.15, -0.1) is 0 Å². The molecule has 0 spiro atoms. The van der Waals surface area contributed by atoms with Crippen LogP contribution in [-0.4, -0.2) is 37.6 Å². The number of anilines is 1. The molecule has 0 radical (unpaired) electrons. The second-order valence-electron chi connectivity index (χ2n) is 8.96. The standard InChI is InChI=1S/C26H26N4O2S2/c1-17-10-13-28(14-11-17)23-20(24(31)29-12-6-7-18(2)22(29)27-23)15-21-25(32)30(26(33)34-21)16-19-8-4-3-5-9-19/h3-9,12,15,17H,10-11,13-14,16H2,1-2H3/b21-15-. The van der Waals surface area contributed by atoms with Gasteiger partial charge >= 0.3 is 0 Å². The summed E-state index contributed by atoms with van der Waals surface area (Å²) in [5, 5.41) is 0. The second-order valence-corrected chi connectivity index (χ2v) is 10.6. The molecule has 0 N–H and O–H groups in total. The van der Waals surface area contributed by atoms with Crippen LogP contribution in [0.2, 0.25) is 0 Å². The van der Waals surface area contributed by atoms with E-state index >= 15 is 0 Å². The van der Waals surface area contributed by atoms with Crippen molar-refractivity contribution in [3.05, 3.63) is 80.6 Å². The molecule has 8 heteroatoms. The minimum Gasteiger partial charge on any atom is -0.356 e. The van der Waals surface area contributed by atoms with E-state index in [9.17, 15) is 9.59 Å². The number of aryl methyl sites for hydroxylation is 1. The Kier molecular flexibility index (Phi) is 6.27. The number of carbonyl (C=O) groups is 1. The Morgan fingerprint density at radius 1 is 1.12 bits per heavy atom. The zero-order valence-electron chi connectivity index (χ0n) is 19.2. The monoisotopic (exact) mass is 490 g/mol. The second kappa shape index (κ2) is 9.35. The van der Waals surface area contributed by atoms with Crippen LogP contribution < -0.4 is 10.5 Å². The van der Waals surface area contributed by atoms with E-state index < -0.39 is 0 Å². The van der Waals surface area contributed by atoms with Crippen molar-refractivity contribution in [1.29, 1.82) is 0 Å². The van der Waals surface area contributed by atoms with Gasteiger partial charge in [0.15, 0.2) is 0 Å². The van der Waals surface area contributed by atoms with Gasteiger partial charge in [0.1, 0.15) is 15.8 Å². The van der Waals surface area contributed by atoms with Crippen molar-refractivity contribution in [3.8, 4) is 0 Å². The summed E-state index contributed by atoms with van der Waals surface area (Å²) in [5.74, 6) is 1.13. The molecule has 1 aromatic carbocycles. The molecule has 2 saturated heterocycles. The van der Waals surface area contributed by atoms with E-state index in [4.69, 9.17) is 17.2 Å². The lowest BCUT2D eigenvalue weighted by Crippen LogP contribution is -2.36. The summed E-state index contributed by atoms with van der Waals surface area (Å²) in [7, 11) is 0. The van der Waals surface area contributed by atoms with Gasteiger partial charge in [-0.05, 0) is 49.0 Å². The van der Waals surface area contributed by atoms with E-state index in [2.05, 4.69) is 11.8 Å². The molecular formula is C26H26N4O2S2. The molecule has 1 amide bonds. The number of hydrogen-bond acceptors (Lipinski definition) is 6. The molecule has 34 heavy (non-hydrogen) atoms. The molecule has 0 saturated carbocycles. The first-order valence-corrected chi connectivity index (χ1v) is 12.7. The number of carbonyl (C=O) groups excluding carboxylic acids is 1. The van der Waals surface area contributed by atoms with Crippen molar-refractivity contribution in [3.63, 3.8) is 0 Å². The quantitative estimate of drug-likeness (QED) is 0.392. The molecule has 0 atom stereocenters. The zero-order valence-corrected chi connectivity index (χ0v) is 20.9. The number of benzene rings is 1. The number of rotatable bonds is 4. The Bertz CT molecular complexity index is 1360. The van der Waals surface area contributed by atoms with Crippen LogP contribution in [0.1, 0.15) is 36.5 Å². The van der Waals surface area contributed by atoms with Gasteiger partial charge in [0.25, 0.3) is 11.5 Å². The minimum absolute atomic E-state index is 0.171. The highest BCUT2D eigenvalue weighted by molar-refractivity contribution is 8.26.